The number of halogens is 3. The van der Waals surface area contributed by atoms with Gasteiger partial charge < -0.3 is 0 Å². The van der Waals surface area contributed by atoms with Gasteiger partial charge in [-0.2, -0.15) is 0 Å². The van der Waals surface area contributed by atoms with Crippen LogP contribution < -0.4 is 0 Å². The molecule has 0 saturated carbocycles. The number of hydrogen-bond acceptors (Lipinski definition) is 0. The van der Waals surface area contributed by atoms with Gasteiger partial charge in [0.05, 0.1) is 0 Å². The van der Waals surface area contributed by atoms with Gasteiger partial charge in [0.1, 0.15) is 0 Å². The minimum atomic E-state index is -0.865. The zero-order valence-electron chi connectivity index (χ0n) is 3.63. The van der Waals surface area contributed by atoms with Crippen molar-refractivity contribution in [3.63, 3.8) is 0 Å². The molecular formula is C3H5I3Si. The lowest BCUT2D eigenvalue weighted by molar-refractivity contribution is 1.75. The Morgan fingerprint density at radius 3 is 1.86 bits per heavy atom. The Balaban J connectivity index is 3.34. The van der Waals surface area contributed by atoms with E-state index in [1.165, 1.54) is 6.04 Å². The molecule has 0 aliphatic carbocycles. The maximum absolute atomic E-state index is 3.67. The first-order chi connectivity index (χ1) is 3.06. The molecule has 0 bridgehead atoms. The molecule has 7 heavy (non-hydrogen) atoms. The second-order valence-corrected chi connectivity index (χ2v) is 37.9. The van der Waals surface area contributed by atoms with Crippen LogP contribution in [0.2, 0.25) is 6.04 Å². The molecule has 0 radical (unpaired) electrons. The molecule has 0 rings (SSSR count). The second-order valence-electron chi connectivity index (χ2n) is 1.11. The average Bonchev–Trinajstić information content (AvgIpc) is 1.30. The molecule has 0 aliphatic heterocycles. The summed E-state index contributed by atoms with van der Waals surface area (Å²) in [6.45, 7) is 3.67. The predicted octanol–water partition coefficient (Wildman–Crippen LogP) is 3.42. The third-order valence-electron chi connectivity index (χ3n) is 0.376. The van der Waals surface area contributed by atoms with Gasteiger partial charge >= 0.3 is 0 Å². The van der Waals surface area contributed by atoms with Crippen LogP contribution in [0.1, 0.15) is 0 Å². The third-order valence-corrected chi connectivity index (χ3v) is 5.09. The molecule has 0 saturated heterocycles. The fourth-order valence-electron chi connectivity index (χ4n) is 0.164. The smallest absolute Gasteiger partial charge is 0.103 e. The highest BCUT2D eigenvalue weighted by molar-refractivity contribution is 14.4. The molecule has 0 spiro atoms. The highest BCUT2D eigenvalue weighted by Gasteiger charge is 2.17. The van der Waals surface area contributed by atoms with Crippen molar-refractivity contribution >= 4 is 66.0 Å². The molecule has 0 aliphatic rings. The van der Waals surface area contributed by atoms with E-state index < -0.39 is 0.564 Å². The Hall–Kier alpha value is 2.15. The van der Waals surface area contributed by atoms with Crippen molar-refractivity contribution in [3.8, 4) is 0 Å². The lowest BCUT2D eigenvalue weighted by Gasteiger charge is -2.01. The monoisotopic (exact) mass is 450 g/mol. The van der Waals surface area contributed by atoms with E-state index in [0.29, 0.717) is 0 Å². The van der Waals surface area contributed by atoms with Crippen LogP contribution in [-0.4, -0.2) is 0.564 Å². The fraction of sp³-hybridized carbons (Fsp3) is 0.333. The molecule has 42 valence electrons. The lowest BCUT2D eigenvalue weighted by Crippen LogP contribution is -2.00. The summed E-state index contributed by atoms with van der Waals surface area (Å²) in [7, 11) is 0. The maximum Gasteiger partial charge on any atom is 0.257 e. The van der Waals surface area contributed by atoms with Crippen LogP contribution in [0.15, 0.2) is 12.7 Å². The summed E-state index contributed by atoms with van der Waals surface area (Å²) in [5.74, 6) is 0. The Labute approximate surface area is 83.2 Å². The quantitative estimate of drug-likeness (QED) is 0.262. The van der Waals surface area contributed by atoms with E-state index in [4.69, 9.17) is 0 Å². The summed E-state index contributed by atoms with van der Waals surface area (Å²) in [5.41, 5.74) is 0. The summed E-state index contributed by atoms with van der Waals surface area (Å²) in [6, 6.07) is 1.20. The van der Waals surface area contributed by atoms with Gasteiger partial charge in [-0.15, -0.1) is 6.58 Å². The minimum Gasteiger partial charge on any atom is -0.103 e. The first kappa shape index (κ1) is 9.15. The maximum atomic E-state index is 3.67. The summed E-state index contributed by atoms with van der Waals surface area (Å²) in [6.07, 6.45) is 2.00. The SMILES string of the molecule is C=CC[Si](I)(I)I. The molecule has 0 aromatic carbocycles. The lowest BCUT2D eigenvalue weighted by atomic mass is 10.8. The van der Waals surface area contributed by atoms with Crippen LogP contribution in [-0.2, 0) is 0 Å². The van der Waals surface area contributed by atoms with E-state index in [1.807, 2.05) is 6.08 Å². The normalized spacial score (nSPS) is 11.3. The highest BCUT2D eigenvalue weighted by atomic mass is 127. The van der Waals surface area contributed by atoms with Gasteiger partial charge in [0.2, 0.25) is 0 Å². The predicted molar refractivity (Wildman–Crippen MR) is 62.8 cm³/mol. The van der Waals surface area contributed by atoms with E-state index in [0.717, 1.165) is 0 Å². The summed E-state index contributed by atoms with van der Waals surface area (Å²) >= 11 is 7.55. The van der Waals surface area contributed by atoms with E-state index in [2.05, 4.69) is 72.0 Å². The molecule has 0 atom stereocenters. The standard InChI is InChI=1S/C3H5I3Si/c1-2-3-7(4,5)6/h2H,1,3H2. The van der Waals surface area contributed by atoms with E-state index in [1.54, 1.807) is 0 Å². The van der Waals surface area contributed by atoms with Crippen LogP contribution in [0.25, 0.3) is 0 Å². The van der Waals surface area contributed by atoms with E-state index in [-0.39, 0.29) is 0 Å². The van der Waals surface area contributed by atoms with Crippen LogP contribution in [0.4, 0.5) is 0 Å². The highest BCUT2D eigenvalue weighted by Crippen LogP contribution is 2.33. The first-order valence-electron chi connectivity index (χ1n) is 1.74. The van der Waals surface area contributed by atoms with Crippen LogP contribution >= 0.6 is 65.4 Å². The molecule has 0 aromatic heterocycles. The van der Waals surface area contributed by atoms with Gasteiger partial charge in [0, 0.05) is 0 Å². The number of rotatable bonds is 2. The van der Waals surface area contributed by atoms with Crippen LogP contribution in [0.3, 0.4) is 0 Å². The topological polar surface area (TPSA) is 0 Å². The first-order valence-corrected chi connectivity index (χ1v) is 13.3. The zero-order valence-corrected chi connectivity index (χ0v) is 11.1. The molecule has 4 heteroatoms. The van der Waals surface area contributed by atoms with Crippen molar-refractivity contribution in [2.45, 2.75) is 6.04 Å². The van der Waals surface area contributed by atoms with Crippen molar-refractivity contribution in [2.24, 2.45) is 0 Å². The Kier molecular flexibility index (Phi) is 5.28. The number of allylic oxidation sites excluding steroid dienone is 1. The van der Waals surface area contributed by atoms with Crippen LogP contribution in [0, 0.1) is 0 Å². The second kappa shape index (κ2) is 4.04. The number of hydrogen-bond donors (Lipinski definition) is 0. The average molecular weight is 450 g/mol. The molecule has 0 aromatic rings. The van der Waals surface area contributed by atoms with Crippen molar-refractivity contribution in [1.29, 1.82) is 0 Å². The van der Waals surface area contributed by atoms with Gasteiger partial charge in [-0.05, 0) is 6.04 Å². The fourth-order valence-corrected chi connectivity index (χ4v) is 3.29. The molecule has 0 unspecified atom stereocenters. The van der Waals surface area contributed by atoms with Gasteiger partial charge in [-0.3, -0.25) is 0 Å². The van der Waals surface area contributed by atoms with Gasteiger partial charge in [-0.1, -0.05) is 71.5 Å². The van der Waals surface area contributed by atoms with Crippen LogP contribution in [0.5, 0.6) is 0 Å². The minimum absolute atomic E-state index is 0.865. The molecule has 0 amide bonds. The molecule has 0 heterocycles. The van der Waals surface area contributed by atoms with Crippen molar-refractivity contribution in [2.75, 3.05) is 0 Å². The summed E-state index contributed by atoms with van der Waals surface area (Å²) < 4.78 is -0.865. The molecule has 0 fully saturated rings. The van der Waals surface area contributed by atoms with Crippen molar-refractivity contribution in [1.82, 2.24) is 0 Å². The Bertz CT molecular complexity index is 65.1. The molecular weight excluding hydrogens is 445 g/mol. The zero-order chi connectivity index (χ0) is 5.91. The van der Waals surface area contributed by atoms with Gasteiger partial charge in [0.25, 0.3) is 0.564 Å². The summed E-state index contributed by atoms with van der Waals surface area (Å²) in [4.78, 5) is 0. The van der Waals surface area contributed by atoms with Crippen molar-refractivity contribution < 1.29 is 0 Å². The Morgan fingerprint density at radius 2 is 1.86 bits per heavy atom. The Morgan fingerprint density at radius 1 is 1.43 bits per heavy atom. The molecule has 0 N–H and O–H groups in total. The van der Waals surface area contributed by atoms with E-state index >= 15 is 0 Å². The third kappa shape index (κ3) is 8.15. The van der Waals surface area contributed by atoms with Gasteiger partial charge in [0.15, 0.2) is 0 Å². The van der Waals surface area contributed by atoms with Crippen molar-refractivity contribution in [3.05, 3.63) is 12.7 Å². The molecule has 0 nitrogen and oxygen atoms in total. The summed E-state index contributed by atoms with van der Waals surface area (Å²) in [5, 5.41) is 0. The largest absolute Gasteiger partial charge is 0.257 e. The van der Waals surface area contributed by atoms with E-state index in [9.17, 15) is 0 Å². The van der Waals surface area contributed by atoms with Gasteiger partial charge in [-0.25, -0.2) is 0 Å².